The summed E-state index contributed by atoms with van der Waals surface area (Å²) in [5, 5.41) is 3.39. The molecule has 192 valence electrons. The molecule has 0 radical (unpaired) electrons. The Morgan fingerprint density at radius 3 is 2.50 bits per heavy atom. The first-order chi connectivity index (χ1) is 18.1. The van der Waals surface area contributed by atoms with Crippen molar-refractivity contribution < 1.29 is 8.83 Å². The van der Waals surface area contributed by atoms with E-state index < -0.39 is 0 Å². The smallest absolute Gasteiger partial charge is 0.227 e. The molecular weight excluding hydrogens is 468 g/mol. The summed E-state index contributed by atoms with van der Waals surface area (Å²) in [7, 11) is 0. The van der Waals surface area contributed by atoms with Crippen molar-refractivity contribution >= 4 is 33.0 Å². The van der Waals surface area contributed by atoms with Crippen LogP contribution in [-0.4, -0.2) is 9.97 Å². The minimum Gasteiger partial charge on any atom is -0.461 e. The lowest BCUT2D eigenvalue weighted by atomic mass is 9.83. The van der Waals surface area contributed by atoms with Gasteiger partial charge in [0.1, 0.15) is 11.3 Å². The average Bonchev–Trinajstić information content (AvgIpc) is 3.40. The van der Waals surface area contributed by atoms with Gasteiger partial charge in [-0.2, -0.15) is 0 Å². The first-order valence-corrected chi connectivity index (χ1v) is 13.4. The molecule has 4 aromatic heterocycles. The van der Waals surface area contributed by atoms with Crippen LogP contribution in [0, 0.1) is 19.8 Å². The lowest BCUT2D eigenvalue weighted by molar-refractivity contribution is 0.496. The molecule has 4 heterocycles. The highest BCUT2D eigenvalue weighted by molar-refractivity contribution is 5.99. The molecular formula is C34H34N2O2. The summed E-state index contributed by atoms with van der Waals surface area (Å²) in [6.07, 6.45) is 4.58. The Kier molecular flexibility index (Phi) is 5.68. The number of aromatic nitrogens is 2. The summed E-state index contributed by atoms with van der Waals surface area (Å²) in [6, 6.07) is 17.3. The van der Waals surface area contributed by atoms with Gasteiger partial charge in [-0.25, -0.2) is 4.98 Å². The van der Waals surface area contributed by atoms with E-state index in [-0.39, 0.29) is 5.41 Å². The quantitative estimate of drug-likeness (QED) is 0.241. The van der Waals surface area contributed by atoms with Crippen LogP contribution in [0.5, 0.6) is 0 Å². The Morgan fingerprint density at radius 2 is 1.74 bits per heavy atom. The zero-order valence-electron chi connectivity index (χ0n) is 23.3. The SMILES string of the molecule is Cc1c(CC(C)C)oc2cc(-c3cc(-c4cc(C(C)(C)C)c5cccnc5c4)nc4occ(C)c34)ccc12. The Hall–Kier alpha value is -3.92. The molecule has 0 saturated heterocycles. The third-order valence-electron chi connectivity index (χ3n) is 7.49. The van der Waals surface area contributed by atoms with Gasteiger partial charge in [-0.3, -0.25) is 4.98 Å². The fraction of sp³-hybridized carbons (Fsp3) is 0.294. The number of furan rings is 2. The number of benzene rings is 2. The normalized spacial score (nSPS) is 12.4. The van der Waals surface area contributed by atoms with Crippen molar-refractivity contribution in [3.8, 4) is 22.4 Å². The number of fused-ring (bicyclic) bond motifs is 3. The maximum Gasteiger partial charge on any atom is 0.227 e. The number of hydrogen-bond donors (Lipinski definition) is 0. The molecule has 0 N–H and O–H groups in total. The van der Waals surface area contributed by atoms with E-state index in [0.29, 0.717) is 11.6 Å². The van der Waals surface area contributed by atoms with Crippen LogP contribution in [0.4, 0.5) is 0 Å². The average molecular weight is 503 g/mol. The van der Waals surface area contributed by atoms with Crippen LogP contribution in [0.3, 0.4) is 0 Å². The van der Waals surface area contributed by atoms with Crippen molar-refractivity contribution in [3.63, 3.8) is 0 Å². The van der Waals surface area contributed by atoms with Crippen molar-refractivity contribution in [1.29, 1.82) is 0 Å². The van der Waals surface area contributed by atoms with E-state index in [0.717, 1.165) is 56.6 Å². The second-order valence-corrected chi connectivity index (χ2v) is 12.0. The second-order valence-electron chi connectivity index (χ2n) is 12.0. The molecule has 6 aromatic rings. The van der Waals surface area contributed by atoms with Crippen molar-refractivity contribution in [2.24, 2.45) is 5.92 Å². The van der Waals surface area contributed by atoms with Crippen molar-refractivity contribution in [2.45, 2.75) is 60.3 Å². The zero-order chi connectivity index (χ0) is 26.8. The van der Waals surface area contributed by atoms with E-state index in [1.807, 2.05) is 12.3 Å². The second kappa shape index (κ2) is 8.83. The summed E-state index contributed by atoms with van der Waals surface area (Å²) in [4.78, 5) is 9.67. The number of hydrogen-bond acceptors (Lipinski definition) is 4. The maximum atomic E-state index is 6.36. The fourth-order valence-corrected chi connectivity index (χ4v) is 5.53. The highest BCUT2D eigenvalue weighted by Crippen LogP contribution is 2.39. The first-order valence-electron chi connectivity index (χ1n) is 13.4. The minimum absolute atomic E-state index is 0.0403. The highest BCUT2D eigenvalue weighted by Gasteiger charge is 2.21. The molecule has 0 saturated carbocycles. The molecule has 0 atom stereocenters. The lowest BCUT2D eigenvalue weighted by Crippen LogP contribution is -2.12. The van der Waals surface area contributed by atoms with Crippen LogP contribution in [0.2, 0.25) is 0 Å². The van der Waals surface area contributed by atoms with E-state index in [1.54, 1.807) is 6.26 Å². The van der Waals surface area contributed by atoms with Crippen LogP contribution in [-0.2, 0) is 11.8 Å². The molecule has 0 aliphatic carbocycles. The molecule has 0 aliphatic heterocycles. The van der Waals surface area contributed by atoms with Gasteiger partial charge in [-0.15, -0.1) is 0 Å². The molecule has 0 amide bonds. The van der Waals surface area contributed by atoms with Crippen molar-refractivity contribution in [2.75, 3.05) is 0 Å². The predicted molar refractivity (Wildman–Crippen MR) is 157 cm³/mol. The number of aryl methyl sites for hydroxylation is 2. The summed E-state index contributed by atoms with van der Waals surface area (Å²) < 4.78 is 12.3. The largest absolute Gasteiger partial charge is 0.461 e. The van der Waals surface area contributed by atoms with Gasteiger partial charge in [0.15, 0.2) is 0 Å². The summed E-state index contributed by atoms with van der Waals surface area (Å²) in [5.74, 6) is 1.62. The minimum atomic E-state index is -0.0403. The Bertz CT molecular complexity index is 1830. The lowest BCUT2D eigenvalue weighted by Gasteiger charge is -2.22. The van der Waals surface area contributed by atoms with Crippen LogP contribution in [0.15, 0.2) is 69.8 Å². The Balaban J connectivity index is 1.57. The number of pyridine rings is 2. The van der Waals surface area contributed by atoms with Crippen LogP contribution in [0.25, 0.3) is 55.4 Å². The molecule has 0 spiro atoms. The summed E-state index contributed by atoms with van der Waals surface area (Å²) in [5.41, 5.74) is 10.1. The van der Waals surface area contributed by atoms with Gasteiger partial charge in [-0.05, 0) is 83.3 Å². The fourth-order valence-electron chi connectivity index (χ4n) is 5.53. The van der Waals surface area contributed by atoms with E-state index in [2.05, 4.69) is 90.9 Å². The topological polar surface area (TPSA) is 52.1 Å². The summed E-state index contributed by atoms with van der Waals surface area (Å²) >= 11 is 0. The van der Waals surface area contributed by atoms with Crippen molar-refractivity contribution in [3.05, 3.63) is 83.4 Å². The summed E-state index contributed by atoms with van der Waals surface area (Å²) in [6.45, 7) is 15.4. The van der Waals surface area contributed by atoms with Gasteiger partial charge in [0.25, 0.3) is 0 Å². The molecule has 4 nitrogen and oxygen atoms in total. The third kappa shape index (κ3) is 4.09. The predicted octanol–water partition coefficient (Wildman–Crippen LogP) is 9.57. The molecule has 0 aliphatic rings. The number of rotatable bonds is 4. The molecule has 38 heavy (non-hydrogen) atoms. The standard InChI is InChI=1S/C34H34N2O2/c1-19(2)13-30-21(4)24-11-10-22(16-31(24)38-30)26-17-28(36-33-32(26)20(3)18-37-33)23-14-27(34(5,6)7)25-9-8-12-35-29(25)15-23/h8-12,14-19H,13H2,1-7H3. The molecule has 2 aromatic carbocycles. The van der Waals surface area contributed by atoms with Crippen LogP contribution < -0.4 is 0 Å². The van der Waals surface area contributed by atoms with E-state index >= 15 is 0 Å². The van der Waals surface area contributed by atoms with Gasteiger partial charge < -0.3 is 8.83 Å². The van der Waals surface area contributed by atoms with Crippen LogP contribution in [0.1, 0.15) is 57.1 Å². The monoisotopic (exact) mass is 502 g/mol. The van der Waals surface area contributed by atoms with Gasteiger partial charge in [0.2, 0.25) is 5.71 Å². The van der Waals surface area contributed by atoms with Crippen molar-refractivity contribution in [1.82, 2.24) is 9.97 Å². The Morgan fingerprint density at radius 1 is 0.921 bits per heavy atom. The van der Waals surface area contributed by atoms with E-state index in [4.69, 9.17) is 18.8 Å². The third-order valence-corrected chi connectivity index (χ3v) is 7.49. The molecule has 6 rings (SSSR count). The first kappa shape index (κ1) is 24.4. The van der Waals surface area contributed by atoms with Gasteiger partial charge in [-0.1, -0.05) is 52.8 Å². The Labute approximate surface area is 223 Å². The van der Waals surface area contributed by atoms with Gasteiger partial charge >= 0.3 is 0 Å². The van der Waals surface area contributed by atoms with E-state index in [9.17, 15) is 0 Å². The zero-order valence-corrected chi connectivity index (χ0v) is 23.3. The van der Waals surface area contributed by atoms with Crippen LogP contribution >= 0.6 is 0 Å². The van der Waals surface area contributed by atoms with E-state index in [1.165, 1.54) is 21.9 Å². The van der Waals surface area contributed by atoms with Gasteiger partial charge in [0, 0.05) is 29.0 Å². The number of nitrogens with zero attached hydrogens (tertiary/aromatic N) is 2. The van der Waals surface area contributed by atoms with Gasteiger partial charge in [0.05, 0.1) is 22.9 Å². The maximum absolute atomic E-state index is 6.36. The molecule has 0 unspecified atom stereocenters. The molecule has 0 fully saturated rings. The molecule has 0 bridgehead atoms. The molecule has 4 heteroatoms. The highest BCUT2D eigenvalue weighted by atomic mass is 16.3.